The molecule has 1 N–H and O–H groups in total. The molecule has 3 rings (SSSR count). The number of oxazole rings is 1. The van der Waals surface area contributed by atoms with Crippen LogP contribution < -0.4 is 4.74 Å². The van der Waals surface area contributed by atoms with Crippen LogP contribution in [0.4, 0.5) is 4.79 Å². The SMILES string of the molecule is Cc1nc2ncc(O[C@@H]3C[C@H](C)N(C(=O)O)C3)cc2o1. The minimum absolute atomic E-state index is 0.0401. The number of amides is 1. The highest BCUT2D eigenvalue weighted by molar-refractivity contribution is 5.69. The second-order valence-corrected chi connectivity index (χ2v) is 4.99. The predicted octanol–water partition coefficient (Wildman–Crippen LogP) is 2.05. The van der Waals surface area contributed by atoms with Gasteiger partial charge in [-0.05, 0) is 6.92 Å². The van der Waals surface area contributed by atoms with Crippen molar-refractivity contribution >= 4 is 17.3 Å². The molecule has 20 heavy (non-hydrogen) atoms. The highest BCUT2D eigenvalue weighted by atomic mass is 16.5. The fourth-order valence-corrected chi connectivity index (χ4v) is 2.50. The first-order valence-corrected chi connectivity index (χ1v) is 6.42. The molecular formula is C13H15N3O4. The van der Waals surface area contributed by atoms with Gasteiger partial charge in [0.25, 0.3) is 0 Å². The van der Waals surface area contributed by atoms with Gasteiger partial charge in [-0.1, -0.05) is 0 Å². The summed E-state index contributed by atoms with van der Waals surface area (Å²) in [6, 6.07) is 1.69. The molecule has 2 aromatic rings. The molecule has 2 atom stereocenters. The van der Waals surface area contributed by atoms with Crippen LogP contribution in [0.3, 0.4) is 0 Å². The van der Waals surface area contributed by atoms with E-state index >= 15 is 0 Å². The quantitative estimate of drug-likeness (QED) is 0.903. The monoisotopic (exact) mass is 277 g/mol. The van der Waals surface area contributed by atoms with E-state index in [1.165, 1.54) is 4.90 Å². The number of ether oxygens (including phenoxy) is 1. The molecular weight excluding hydrogens is 262 g/mol. The van der Waals surface area contributed by atoms with Gasteiger partial charge in [0.15, 0.2) is 17.1 Å². The lowest BCUT2D eigenvalue weighted by Crippen LogP contribution is -2.33. The zero-order valence-electron chi connectivity index (χ0n) is 11.2. The predicted molar refractivity (Wildman–Crippen MR) is 69.8 cm³/mol. The van der Waals surface area contributed by atoms with Crippen LogP contribution >= 0.6 is 0 Å². The third kappa shape index (κ3) is 2.26. The second kappa shape index (κ2) is 4.66. The largest absolute Gasteiger partial charge is 0.487 e. The standard InChI is InChI=1S/C13H15N3O4/c1-7-3-10(6-16(7)13(17)18)20-9-4-11-12(14-5-9)15-8(2)19-11/h4-5,7,10H,3,6H2,1-2H3,(H,17,18)/t7-,10+/m0/s1. The normalized spacial score (nSPS) is 22.4. The van der Waals surface area contributed by atoms with Crippen molar-refractivity contribution in [3.05, 3.63) is 18.2 Å². The maximum absolute atomic E-state index is 11.0. The molecule has 1 aliphatic heterocycles. The van der Waals surface area contributed by atoms with Gasteiger partial charge in [0.05, 0.1) is 12.7 Å². The lowest BCUT2D eigenvalue weighted by Gasteiger charge is -2.16. The summed E-state index contributed by atoms with van der Waals surface area (Å²) in [5.74, 6) is 1.12. The molecule has 0 saturated carbocycles. The number of likely N-dealkylation sites (tertiary alicyclic amines) is 1. The number of carbonyl (C=O) groups is 1. The number of pyridine rings is 1. The Labute approximate surface area is 115 Å². The number of carboxylic acid groups (broad SMARTS) is 1. The van der Waals surface area contributed by atoms with Crippen LogP contribution in [0, 0.1) is 6.92 Å². The van der Waals surface area contributed by atoms with Crippen molar-refractivity contribution in [3.63, 3.8) is 0 Å². The van der Waals surface area contributed by atoms with Gasteiger partial charge in [-0.15, -0.1) is 0 Å². The van der Waals surface area contributed by atoms with Crippen molar-refractivity contribution in [2.45, 2.75) is 32.4 Å². The number of fused-ring (bicyclic) bond motifs is 1. The van der Waals surface area contributed by atoms with Crippen molar-refractivity contribution in [1.29, 1.82) is 0 Å². The Kier molecular flexibility index (Phi) is 2.96. The van der Waals surface area contributed by atoms with E-state index in [0.29, 0.717) is 35.8 Å². The molecule has 106 valence electrons. The van der Waals surface area contributed by atoms with Crippen molar-refractivity contribution < 1.29 is 19.1 Å². The third-order valence-corrected chi connectivity index (χ3v) is 3.41. The number of aryl methyl sites for hydroxylation is 1. The van der Waals surface area contributed by atoms with Gasteiger partial charge < -0.3 is 19.2 Å². The Bertz CT molecular complexity index is 654. The minimum atomic E-state index is -0.914. The number of aromatic nitrogens is 2. The van der Waals surface area contributed by atoms with E-state index in [4.69, 9.17) is 14.3 Å². The molecule has 1 saturated heterocycles. The molecule has 2 aromatic heterocycles. The molecule has 0 aliphatic carbocycles. The van der Waals surface area contributed by atoms with Gasteiger partial charge in [0.1, 0.15) is 11.9 Å². The Morgan fingerprint density at radius 2 is 2.40 bits per heavy atom. The summed E-state index contributed by atoms with van der Waals surface area (Å²) in [4.78, 5) is 20.7. The Morgan fingerprint density at radius 3 is 3.10 bits per heavy atom. The van der Waals surface area contributed by atoms with Crippen LogP contribution in [-0.4, -0.2) is 44.8 Å². The van der Waals surface area contributed by atoms with Crippen LogP contribution in [0.25, 0.3) is 11.2 Å². The molecule has 0 radical (unpaired) electrons. The van der Waals surface area contributed by atoms with E-state index in [-0.39, 0.29) is 12.1 Å². The summed E-state index contributed by atoms with van der Waals surface area (Å²) in [5.41, 5.74) is 1.11. The van der Waals surface area contributed by atoms with E-state index in [1.807, 2.05) is 6.92 Å². The summed E-state index contributed by atoms with van der Waals surface area (Å²) in [5, 5.41) is 9.05. The molecule has 0 spiro atoms. The average Bonchev–Trinajstić information content (AvgIpc) is 2.91. The summed E-state index contributed by atoms with van der Waals surface area (Å²) in [6.45, 7) is 3.99. The third-order valence-electron chi connectivity index (χ3n) is 3.41. The highest BCUT2D eigenvalue weighted by Gasteiger charge is 2.33. The smallest absolute Gasteiger partial charge is 0.407 e. The molecule has 0 bridgehead atoms. The van der Waals surface area contributed by atoms with E-state index < -0.39 is 6.09 Å². The molecule has 7 nitrogen and oxygen atoms in total. The van der Waals surface area contributed by atoms with Gasteiger partial charge in [-0.3, -0.25) is 0 Å². The van der Waals surface area contributed by atoms with Gasteiger partial charge in [0.2, 0.25) is 0 Å². The van der Waals surface area contributed by atoms with Gasteiger partial charge in [0, 0.05) is 25.5 Å². The Morgan fingerprint density at radius 1 is 1.60 bits per heavy atom. The number of rotatable bonds is 2. The van der Waals surface area contributed by atoms with E-state index in [9.17, 15) is 4.79 Å². The Balaban J connectivity index is 1.75. The molecule has 0 aromatic carbocycles. The van der Waals surface area contributed by atoms with E-state index in [2.05, 4.69) is 9.97 Å². The topological polar surface area (TPSA) is 88.7 Å². The summed E-state index contributed by atoms with van der Waals surface area (Å²) in [6.07, 6.45) is 1.17. The first kappa shape index (κ1) is 12.7. The molecule has 7 heteroatoms. The molecule has 1 fully saturated rings. The van der Waals surface area contributed by atoms with Gasteiger partial charge in [-0.2, -0.15) is 4.98 Å². The average molecular weight is 277 g/mol. The molecule has 1 amide bonds. The van der Waals surface area contributed by atoms with Crippen LogP contribution in [0.15, 0.2) is 16.7 Å². The lowest BCUT2D eigenvalue weighted by atomic mass is 10.2. The number of nitrogens with zero attached hydrogens (tertiary/aromatic N) is 3. The van der Waals surface area contributed by atoms with Crippen molar-refractivity contribution in [2.75, 3.05) is 6.54 Å². The van der Waals surface area contributed by atoms with Crippen LogP contribution in [-0.2, 0) is 0 Å². The van der Waals surface area contributed by atoms with E-state index in [1.54, 1.807) is 19.2 Å². The molecule has 3 heterocycles. The van der Waals surface area contributed by atoms with Crippen molar-refractivity contribution in [1.82, 2.24) is 14.9 Å². The van der Waals surface area contributed by atoms with E-state index in [0.717, 1.165) is 0 Å². The zero-order valence-corrected chi connectivity index (χ0v) is 11.2. The molecule has 0 unspecified atom stereocenters. The Hall–Kier alpha value is -2.31. The second-order valence-electron chi connectivity index (χ2n) is 4.99. The maximum atomic E-state index is 11.0. The molecule has 1 aliphatic rings. The zero-order chi connectivity index (χ0) is 14.3. The fraction of sp³-hybridized carbons (Fsp3) is 0.462. The maximum Gasteiger partial charge on any atom is 0.407 e. The minimum Gasteiger partial charge on any atom is -0.487 e. The van der Waals surface area contributed by atoms with Crippen LogP contribution in [0.1, 0.15) is 19.2 Å². The van der Waals surface area contributed by atoms with Crippen molar-refractivity contribution in [3.8, 4) is 5.75 Å². The first-order valence-electron chi connectivity index (χ1n) is 6.42. The highest BCUT2D eigenvalue weighted by Crippen LogP contribution is 2.24. The summed E-state index contributed by atoms with van der Waals surface area (Å²) >= 11 is 0. The lowest BCUT2D eigenvalue weighted by molar-refractivity contribution is 0.136. The number of hydrogen-bond acceptors (Lipinski definition) is 5. The van der Waals surface area contributed by atoms with Crippen LogP contribution in [0.5, 0.6) is 5.75 Å². The van der Waals surface area contributed by atoms with Crippen molar-refractivity contribution in [2.24, 2.45) is 0 Å². The van der Waals surface area contributed by atoms with Crippen LogP contribution in [0.2, 0.25) is 0 Å². The van der Waals surface area contributed by atoms with Gasteiger partial charge >= 0.3 is 6.09 Å². The number of hydrogen-bond donors (Lipinski definition) is 1. The first-order chi connectivity index (χ1) is 9.52. The summed E-state index contributed by atoms with van der Waals surface area (Å²) < 4.78 is 11.2. The van der Waals surface area contributed by atoms with Gasteiger partial charge in [-0.25, -0.2) is 9.78 Å². The summed E-state index contributed by atoms with van der Waals surface area (Å²) in [7, 11) is 0. The fourth-order valence-electron chi connectivity index (χ4n) is 2.50.